The first-order valence-electron chi connectivity index (χ1n) is 6.32. The van der Waals surface area contributed by atoms with Crippen LogP contribution < -0.4 is 5.73 Å². The summed E-state index contributed by atoms with van der Waals surface area (Å²) < 4.78 is 1.12. The first-order valence-corrected chi connectivity index (χ1v) is 7.11. The lowest BCUT2D eigenvalue weighted by molar-refractivity contribution is 0.613. The van der Waals surface area contributed by atoms with E-state index >= 15 is 0 Å². The highest BCUT2D eigenvalue weighted by molar-refractivity contribution is 9.10. The molecular formula is C16H16BrN. The maximum absolute atomic E-state index is 6.40. The first-order chi connectivity index (χ1) is 8.77. The lowest BCUT2D eigenvalue weighted by atomic mass is 10.00. The molecular weight excluding hydrogens is 286 g/mol. The van der Waals surface area contributed by atoms with Crippen molar-refractivity contribution in [3.8, 4) is 0 Å². The molecule has 18 heavy (non-hydrogen) atoms. The summed E-state index contributed by atoms with van der Waals surface area (Å²) in [4.78, 5) is 0. The summed E-state index contributed by atoms with van der Waals surface area (Å²) in [5.41, 5.74) is 9.04. The third-order valence-electron chi connectivity index (χ3n) is 3.79. The van der Waals surface area contributed by atoms with E-state index in [1.54, 1.807) is 0 Å². The fourth-order valence-corrected chi connectivity index (χ4v) is 3.22. The van der Waals surface area contributed by atoms with Crippen LogP contribution in [-0.2, 0) is 0 Å². The van der Waals surface area contributed by atoms with Gasteiger partial charge >= 0.3 is 0 Å². The van der Waals surface area contributed by atoms with Crippen molar-refractivity contribution in [1.29, 1.82) is 0 Å². The molecule has 2 aromatic rings. The van der Waals surface area contributed by atoms with Crippen molar-refractivity contribution < 1.29 is 0 Å². The van der Waals surface area contributed by atoms with Crippen molar-refractivity contribution in [2.24, 2.45) is 11.7 Å². The van der Waals surface area contributed by atoms with Gasteiger partial charge in [0.05, 0.1) is 0 Å². The standard InChI is InChI=1S/C16H16BrN/c17-15-9-5-4-8-12(15)16(18)14-10-13(14)11-6-2-1-3-7-11/h1-9,13-14,16H,10,18H2/t13-,14-,16?/m0/s1. The Morgan fingerprint density at radius 3 is 2.39 bits per heavy atom. The molecule has 1 unspecified atom stereocenters. The van der Waals surface area contributed by atoms with E-state index in [9.17, 15) is 0 Å². The normalized spacial score (nSPS) is 23.7. The monoisotopic (exact) mass is 301 g/mol. The highest BCUT2D eigenvalue weighted by Crippen LogP contribution is 2.53. The van der Waals surface area contributed by atoms with Crippen molar-refractivity contribution in [3.05, 3.63) is 70.2 Å². The van der Waals surface area contributed by atoms with E-state index in [1.807, 2.05) is 6.07 Å². The molecule has 1 nitrogen and oxygen atoms in total. The van der Waals surface area contributed by atoms with Gasteiger partial charge < -0.3 is 5.73 Å². The molecule has 0 heterocycles. The van der Waals surface area contributed by atoms with Crippen LogP contribution in [0.3, 0.4) is 0 Å². The zero-order valence-corrected chi connectivity index (χ0v) is 11.7. The van der Waals surface area contributed by atoms with E-state index in [4.69, 9.17) is 5.73 Å². The van der Waals surface area contributed by atoms with Crippen LogP contribution >= 0.6 is 15.9 Å². The Morgan fingerprint density at radius 1 is 1.00 bits per heavy atom. The van der Waals surface area contributed by atoms with Gasteiger partial charge in [0.15, 0.2) is 0 Å². The molecule has 0 amide bonds. The molecule has 92 valence electrons. The van der Waals surface area contributed by atoms with Gasteiger partial charge in [-0.1, -0.05) is 64.5 Å². The summed E-state index contributed by atoms with van der Waals surface area (Å²) in [5.74, 6) is 1.21. The van der Waals surface area contributed by atoms with Crippen molar-refractivity contribution in [2.75, 3.05) is 0 Å². The second-order valence-corrected chi connectivity index (χ2v) is 5.82. The molecule has 1 saturated carbocycles. The van der Waals surface area contributed by atoms with Crippen LogP contribution in [0.25, 0.3) is 0 Å². The Bertz CT molecular complexity index is 538. The number of halogens is 1. The van der Waals surface area contributed by atoms with E-state index in [2.05, 4.69) is 64.5 Å². The number of rotatable bonds is 3. The second kappa shape index (κ2) is 4.87. The van der Waals surface area contributed by atoms with E-state index in [0.29, 0.717) is 11.8 Å². The van der Waals surface area contributed by atoms with Gasteiger partial charge in [0, 0.05) is 10.5 Å². The van der Waals surface area contributed by atoms with Gasteiger partial charge in [-0.3, -0.25) is 0 Å². The molecule has 0 aromatic heterocycles. The Labute approximate surface area is 116 Å². The van der Waals surface area contributed by atoms with Crippen molar-refractivity contribution in [1.82, 2.24) is 0 Å². The van der Waals surface area contributed by atoms with Crippen LogP contribution in [0.1, 0.15) is 29.5 Å². The molecule has 0 aliphatic heterocycles. The smallest absolute Gasteiger partial charge is 0.0340 e. The maximum atomic E-state index is 6.40. The molecule has 0 radical (unpaired) electrons. The molecule has 2 heteroatoms. The van der Waals surface area contributed by atoms with Gasteiger partial charge in [-0.2, -0.15) is 0 Å². The van der Waals surface area contributed by atoms with Crippen molar-refractivity contribution in [3.63, 3.8) is 0 Å². The van der Waals surface area contributed by atoms with Gasteiger partial charge in [-0.25, -0.2) is 0 Å². The summed E-state index contributed by atoms with van der Waals surface area (Å²) in [6.45, 7) is 0. The van der Waals surface area contributed by atoms with E-state index in [1.165, 1.54) is 17.5 Å². The van der Waals surface area contributed by atoms with Gasteiger partial charge in [-0.15, -0.1) is 0 Å². The summed E-state index contributed by atoms with van der Waals surface area (Å²) in [6.07, 6.45) is 1.20. The lowest BCUT2D eigenvalue weighted by Crippen LogP contribution is -2.14. The van der Waals surface area contributed by atoms with E-state index in [-0.39, 0.29) is 6.04 Å². The first kappa shape index (κ1) is 11.9. The van der Waals surface area contributed by atoms with Gasteiger partial charge in [0.2, 0.25) is 0 Å². The van der Waals surface area contributed by atoms with Crippen LogP contribution in [0, 0.1) is 5.92 Å². The highest BCUT2D eigenvalue weighted by atomic mass is 79.9. The SMILES string of the molecule is NC(c1ccccc1Br)[C@H]1C[C@H]1c1ccccc1. The van der Waals surface area contributed by atoms with Crippen LogP contribution in [0.15, 0.2) is 59.1 Å². The molecule has 3 atom stereocenters. The van der Waals surface area contributed by atoms with Gasteiger partial charge in [0.1, 0.15) is 0 Å². The van der Waals surface area contributed by atoms with Gasteiger partial charge in [0.25, 0.3) is 0 Å². The number of hydrogen-bond acceptors (Lipinski definition) is 1. The number of benzene rings is 2. The molecule has 0 saturated heterocycles. The van der Waals surface area contributed by atoms with Crippen LogP contribution in [-0.4, -0.2) is 0 Å². The summed E-state index contributed by atoms with van der Waals surface area (Å²) >= 11 is 3.59. The number of hydrogen-bond donors (Lipinski definition) is 1. The average Bonchev–Trinajstić information content (AvgIpc) is 3.20. The van der Waals surface area contributed by atoms with E-state index < -0.39 is 0 Å². The highest BCUT2D eigenvalue weighted by Gasteiger charge is 2.43. The minimum Gasteiger partial charge on any atom is -0.324 e. The van der Waals surface area contributed by atoms with E-state index in [0.717, 1.165) is 4.47 Å². The maximum Gasteiger partial charge on any atom is 0.0340 e. The Morgan fingerprint density at radius 2 is 1.67 bits per heavy atom. The quantitative estimate of drug-likeness (QED) is 0.901. The Kier molecular flexibility index (Phi) is 3.23. The van der Waals surface area contributed by atoms with Gasteiger partial charge in [-0.05, 0) is 35.4 Å². The summed E-state index contributed by atoms with van der Waals surface area (Å²) in [6, 6.07) is 19.1. The largest absolute Gasteiger partial charge is 0.324 e. The molecule has 2 N–H and O–H groups in total. The Balaban J connectivity index is 1.77. The molecule has 2 aromatic carbocycles. The van der Waals surface area contributed by atoms with Crippen molar-refractivity contribution in [2.45, 2.75) is 18.4 Å². The summed E-state index contributed by atoms with van der Waals surface area (Å²) in [5, 5.41) is 0. The van der Waals surface area contributed by atoms with Crippen LogP contribution in [0.5, 0.6) is 0 Å². The molecule has 1 fully saturated rings. The summed E-state index contributed by atoms with van der Waals surface area (Å²) in [7, 11) is 0. The topological polar surface area (TPSA) is 26.0 Å². The minimum absolute atomic E-state index is 0.130. The van der Waals surface area contributed by atoms with Crippen molar-refractivity contribution >= 4 is 15.9 Å². The molecule has 0 bridgehead atoms. The fourth-order valence-electron chi connectivity index (χ4n) is 2.67. The number of nitrogens with two attached hydrogens (primary N) is 1. The third kappa shape index (κ3) is 2.23. The second-order valence-electron chi connectivity index (χ2n) is 4.96. The molecule has 1 aliphatic rings. The lowest BCUT2D eigenvalue weighted by Gasteiger charge is -2.13. The average molecular weight is 302 g/mol. The predicted octanol–water partition coefficient (Wildman–Crippen LogP) is 4.25. The van der Waals surface area contributed by atoms with Crippen LogP contribution in [0.4, 0.5) is 0 Å². The molecule has 0 spiro atoms. The minimum atomic E-state index is 0.130. The molecule has 3 rings (SSSR count). The zero-order valence-electron chi connectivity index (χ0n) is 10.1. The Hall–Kier alpha value is -1.12. The molecule has 1 aliphatic carbocycles. The third-order valence-corrected chi connectivity index (χ3v) is 4.52. The predicted molar refractivity (Wildman–Crippen MR) is 78.4 cm³/mol. The fraction of sp³-hybridized carbons (Fsp3) is 0.250. The van der Waals surface area contributed by atoms with Crippen LogP contribution in [0.2, 0.25) is 0 Å². The zero-order chi connectivity index (χ0) is 12.5.